The number of benzene rings is 2. The minimum Gasteiger partial charge on any atom is -0.447 e. The van der Waals surface area contributed by atoms with Gasteiger partial charge in [0.25, 0.3) is 6.29 Å². The van der Waals surface area contributed by atoms with Gasteiger partial charge in [-0.2, -0.15) is 0 Å². The molecule has 0 aromatic heterocycles. The van der Waals surface area contributed by atoms with Crippen molar-refractivity contribution in [3.8, 4) is 11.5 Å². The number of hydrogen-bond acceptors (Lipinski definition) is 3. The molecule has 0 saturated carbocycles. The first-order chi connectivity index (χ1) is 11.8. The van der Waals surface area contributed by atoms with E-state index in [-0.39, 0.29) is 5.91 Å². The summed E-state index contributed by atoms with van der Waals surface area (Å²) in [6, 6.07) is 15.8. The molecule has 1 amide bonds. The number of carbonyl (C=O) groups excluding carboxylic acids is 1. The maximum Gasteiger partial charge on any atom is 0.267 e. The minimum absolute atomic E-state index is 0.100. The Kier molecular flexibility index (Phi) is 5.36. The highest BCUT2D eigenvalue weighted by atomic mass is 16.7. The van der Waals surface area contributed by atoms with Crippen LogP contribution < -0.4 is 14.8 Å². The first kappa shape index (κ1) is 16.4. The molecule has 0 saturated heterocycles. The van der Waals surface area contributed by atoms with Crippen molar-refractivity contribution in [2.24, 2.45) is 0 Å². The van der Waals surface area contributed by atoms with Crippen LogP contribution in [0.2, 0.25) is 0 Å². The van der Waals surface area contributed by atoms with Gasteiger partial charge in [0.05, 0.1) is 0 Å². The lowest BCUT2D eigenvalue weighted by molar-refractivity contribution is -0.121. The molecule has 2 aromatic rings. The van der Waals surface area contributed by atoms with Crippen molar-refractivity contribution in [2.45, 2.75) is 38.9 Å². The van der Waals surface area contributed by atoms with E-state index in [1.807, 2.05) is 48.5 Å². The lowest BCUT2D eigenvalue weighted by Gasteiger charge is -2.09. The first-order valence-corrected chi connectivity index (χ1v) is 8.54. The average molecular weight is 325 g/mol. The molecule has 1 N–H and O–H groups in total. The second-order valence-electron chi connectivity index (χ2n) is 5.96. The second-order valence-corrected chi connectivity index (χ2v) is 5.96. The van der Waals surface area contributed by atoms with Crippen LogP contribution in [-0.2, 0) is 11.2 Å². The topological polar surface area (TPSA) is 47.6 Å². The van der Waals surface area contributed by atoms with E-state index in [1.54, 1.807) is 0 Å². The lowest BCUT2D eigenvalue weighted by atomic mass is 10.1. The van der Waals surface area contributed by atoms with Gasteiger partial charge in [0.2, 0.25) is 5.91 Å². The zero-order valence-electron chi connectivity index (χ0n) is 14.0. The highest BCUT2D eigenvalue weighted by molar-refractivity contribution is 5.76. The van der Waals surface area contributed by atoms with Crippen LogP contribution in [0, 0.1) is 0 Å². The normalized spacial score (nSPS) is 15.3. The van der Waals surface area contributed by atoms with E-state index in [1.165, 1.54) is 0 Å². The third kappa shape index (κ3) is 4.07. The maximum absolute atomic E-state index is 11.8. The number of nitrogens with one attached hydrogen (secondary N) is 1. The van der Waals surface area contributed by atoms with E-state index in [2.05, 4.69) is 12.2 Å². The third-order valence-electron chi connectivity index (χ3n) is 4.04. The van der Waals surface area contributed by atoms with Crippen molar-refractivity contribution in [3.63, 3.8) is 0 Å². The van der Waals surface area contributed by atoms with Crippen molar-refractivity contribution in [1.29, 1.82) is 0 Å². The van der Waals surface area contributed by atoms with E-state index in [0.717, 1.165) is 42.0 Å². The molecule has 24 heavy (non-hydrogen) atoms. The molecule has 2 aromatic carbocycles. The fourth-order valence-corrected chi connectivity index (χ4v) is 2.65. The van der Waals surface area contributed by atoms with E-state index in [9.17, 15) is 4.79 Å². The van der Waals surface area contributed by atoms with Crippen molar-refractivity contribution >= 4 is 5.91 Å². The van der Waals surface area contributed by atoms with Crippen molar-refractivity contribution in [2.75, 3.05) is 6.54 Å². The molecule has 1 atom stereocenters. The summed E-state index contributed by atoms with van der Waals surface area (Å²) in [5, 5.41) is 2.94. The van der Waals surface area contributed by atoms with Crippen LogP contribution in [-0.4, -0.2) is 12.5 Å². The summed E-state index contributed by atoms with van der Waals surface area (Å²) in [5.74, 6) is 1.59. The minimum atomic E-state index is -0.395. The first-order valence-electron chi connectivity index (χ1n) is 8.54. The zero-order valence-corrected chi connectivity index (χ0v) is 14.0. The lowest BCUT2D eigenvalue weighted by Crippen LogP contribution is -2.24. The van der Waals surface area contributed by atoms with Crippen molar-refractivity contribution in [3.05, 3.63) is 59.7 Å². The van der Waals surface area contributed by atoms with Gasteiger partial charge < -0.3 is 14.8 Å². The molecule has 1 aliphatic heterocycles. The van der Waals surface area contributed by atoms with Gasteiger partial charge in [-0.05, 0) is 30.5 Å². The van der Waals surface area contributed by atoms with Crippen molar-refractivity contribution in [1.82, 2.24) is 5.32 Å². The van der Waals surface area contributed by atoms with Gasteiger partial charge >= 0.3 is 0 Å². The van der Waals surface area contributed by atoms with E-state index in [0.29, 0.717) is 12.8 Å². The van der Waals surface area contributed by atoms with Gasteiger partial charge in [0.15, 0.2) is 11.5 Å². The molecule has 4 heteroatoms. The number of hydrogen-bond donors (Lipinski definition) is 1. The molecule has 126 valence electrons. The van der Waals surface area contributed by atoms with Gasteiger partial charge in [-0.3, -0.25) is 4.79 Å². The molecule has 0 fully saturated rings. The van der Waals surface area contributed by atoms with Gasteiger partial charge in [0, 0.05) is 18.5 Å². The Hall–Kier alpha value is -2.49. The molecule has 3 rings (SSSR count). The summed E-state index contributed by atoms with van der Waals surface area (Å²) in [4.78, 5) is 11.8. The Bertz CT molecular complexity index is 685. The van der Waals surface area contributed by atoms with Crippen LogP contribution in [0.4, 0.5) is 0 Å². The smallest absolute Gasteiger partial charge is 0.267 e. The summed E-state index contributed by atoms with van der Waals surface area (Å²) >= 11 is 0. The Labute approximate surface area is 142 Å². The van der Waals surface area contributed by atoms with Crippen LogP contribution >= 0.6 is 0 Å². The molecule has 0 spiro atoms. The average Bonchev–Trinajstić information content (AvgIpc) is 3.04. The number of rotatable bonds is 7. The molecule has 1 heterocycles. The number of ether oxygens (including phenoxy) is 2. The molecule has 0 radical (unpaired) electrons. The molecular formula is C20H23NO3. The predicted molar refractivity (Wildman–Crippen MR) is 93.1 cm³/mol. The molecule has 4 nitrogen and oxygen atoms in total. The summed E-state index contributed by atoms with van der Waals surface area (Å²) in [7, 11) is 0. The largest absolute Gasteiger partial charge is 0.447 e. The Morgan fingerprint density at radius 3 is 2.67 bits per heavy atom. The number of carbonyl (C=O) groups is 1. The van der Waals surface area contributed by atoms with Crippen LogP contribution in [0.15, 0.2) is 48.5 Å². The summed E-state index contributed by atoms with van der Waals surface area (Å²) in [5.41, 5.74) is 2.07. The second kappa shape index (κ2) is 7.86. The van der Waals surface area contributed by atoms with E-state index < -0.39 is 6.29 Å². The van der Waals surface area contributed by atoms with Gasteiger partial charge in [-0.15, -0.1) is 0 Å². The molecular weight excluding hydrogens is 302 g/mol. The summed E-state index contributed by atoms with van der Waals surface area (Å²) < 4.78 is 11.7. The number of amides is 1. The summed E-state index contributed by atoms with van der Waals surface area (Å²) in [6.45, 7) is 2.87. The third-order valence-corrected chi connectivity index (χ3v) is 4.04. The van der Waals surface area contributed by atoms with Gasteiger partial charge in [-0.25, -0.2) is 0 Å². The van der Waals surface area contributed by atoms with Gasteiger partial charge in [-0.1, -0.05) is 49.7 Å². The fraction of sp³-hybridized carbons (Fsp3) is 0.350. The van der Waals surface area contributed by atoms with Crippen LogP contribution in [0.3, 0.4) is 0 Å². The van der Waals surface area contributed by atoms with E-state index in [4.69, 9.17) is 9.47 Å². The Morgan fingerprint density at radius 2 is 1.88 bits per heavy atom. The highest BCUT2D eigenvalue weighted by Crippen LogP contribution is 2.40. The SMILES string of the molecule is CCCCNC(=O)CCc1ccc2c(c1)OC(c1ccccc1)O2. The van der Waals surface area contributed by atoms with Crippen LogP contribution in [0.5, 0.6) is 11.5 Å². The van der Waals surface area contributed by atoms with Gasteiger partial charge in [0.1, 0.15) is 0 Å². The monoisotopic (exact) mass is 325 g/mol. The molecule has 0 bridgehead atoms. The number of unbranched alkanes of at least 4 members (excludes halogenated alkanes) is 1. The standard InChI is InChI=1S/C20H23NO3/c1-2-3-13-21-19(22)12-10-15-9-11-17-18(14-15)24-20(23-17)16-7-5-4-6-8-16/h4-9,11,14,20H,2-3,10,12-13H2,1H3,(H,21,22). The molecule has 1 unspecified atom stereocenters. The quantitative estimate of drug-likeness (QED) is 0.783. The number of fused-ring (bicyclic) bond motifs is 1. The Balaban J connectivity index is 1.56. The van der Waals surface area contributed by atoms with Crippen LogP contribution in [0.1, 0.15) is 43.6 Å². The van der Waals surface area contributed by atoms with Crippen LogP contribution in [0.25, 0.3) is 0 Å². The number of aryl methyl sites for hydroxylation is 1. The van der Waals surface area contributed by atoms with Crippen molar-refractivity contribution < 1.29 is 14.3 Å². The zero-order chi connectivity index (χ0) is 16.8. The Morgan fingerprint density at radius 1 is 1.08 bits per heavy atom. The molecule has 0 aliphatic carbocycles. The maximum atomic E-state index is 11.8. The predicted octanol–water partition coefficient (Wildman–Crippen LogP) is 4.01. The fourth-order valence-electron chi connectivity index (χ4n) is 2.65. The van der Waals surface area contributed by atoms with E-state index >= 15 is 0 Å². The summed E-state index contributed by atoms with van der Waals surface area (Å²) in [6.07, 6.45) is 2.91. The molecule has 1 aliphatic rings. The highest BCUT2D eigenvalue weighted by Gasteiger charge is 2.25.